The molecule has 0 amide bonds. The fourth-order valence-electron chi connectivity index (χ4n) is 2.90. The molecule has 1 N–H and O–H groups in total. The highest BCUT2D eigenvalue weighted by molar-refractivity contribution is 7.94. The number of likely N-dealkylation sites (N-methyl/N-ethyl adjacent to an activating group) is 1. The Morgan fingerprint density at radius 2 is 2.18 bits per heavy atom. The van der Waals surface area contributed by atoms with Crippen molar-refractivity contribution in [1.29, 1.82) is 0 Å². The first-order valence-corrected chi connectivity index (χ1v) is 9.25. The van der Waals surface area contributed by atoms with Crippen molar-refractivity contribution in [3.8, 4) is 0 Å². The van der Waals surface area contributed by atoms with E-state index in [4.69, 9.17) is 0 Å². The molecule has 6 heteroatoms. The molecule has 0 aliphatic carbocycles. The van der Waals surface area contributed by atoms with Crippen LogP contribution in [0.3, 0.4) is 0 Å². The second-order valence-electron chi connectivity index (χ2n) is 5.50. The van der Waals surface area contributed by atoms with E-state index in [-0.39, 0.29) is 23.6 Å². The van der Waals surface area contributed by atoms with E-state index in [0.717, 1.165) is 16.4 Å². The van der Waals surface area contributed by atoms with Crippen molar-refractivity contribution >= 4 is 34.8 Å². The van der Waals surface area contributed by atoms with Gasteiger partial charge in [-0.25, -0.2) is 0 Å². The highest BCUT2D eigenvalue weighted by Gasteiger charge is 2.45. The van der Waals surface area contributed by atoms with Crippen LogP contribution < -0.4 is 5.32 Å². The Morgan fingerprint density at radius 3 is 2.77 bits per heavy atom. The minimum Gasteiger partial charge on any atom is -0.361 e. The van der Waals surface area contributed by atoms with Gasteiger partial charge in [-0.05, 0) is 24.4 Å². The molecule has 1 aliphatic rings. The van der Waals surface area contributed by atoms with Crippen molar-refractivity contribution in [3.63, 3.8) is 0 Å². The first-order valence-electron chi connectivity index (χ1n) is 6.78. The van der Waals surface area contributed by atoms with Gasteiger partial charge in [-0.3, -0.25) is 0 Å². The maximum absolute atomic E-state index is 12.9. The lowest BCUT2D eigenvalue weighted by Crippen LogP contribution is -2.53. The van der Waals surface area contributed by atoms with Gasteiger partial charge in [0.05, 0.1) is 34.3 Å². The molecular weight excluding hydrogens is 335 g/mol. The minimum absolute atomic E-state index is 0.0825. The summed E-state index contributed by atoms with van der Waals surface area (Å²) in [5, 5.41) is 7.44. The molecule has 116 valence electrons. The average Bonchev–Trinajstić information content (AvgIpc) is 3.16. The van der Waals surface area contributed by atoms with Gasteiger partial charge >= 0.3 is 0 Å². The highest BCUT2D eigenvalue weighted by Crippen LogP contribution is 2.49. The van der Waals surface area contributed by atoms with Crippen LogP contribution in [-0.2, 0) is 5.54 Å². The summed E-state index contributed by atoms with van der Waals surface area (Å²) in [5.41, 5.74) is 0.612. The number of rotatable bonds is 3. The predicted octanol–water partition coefficient (Wildman–Crippen LogP) is 5.31. The fourth-order valence-corrected chi connectivity index (χ4v) is 5.32. The van der Waals surface area contributed by atoms with E-state index in [1.807, 2.05) is 29.5 Å². The molecule has 2 atom stereocenters. The van der Waals surface area contributed by atoms with E-state index >= 15 is 0 Å². The van der Waals surface area contributed by atoms with Crippen molar-refractivity contribution in [2.24, 2.45) is 0 Å². The molecule has 3 heterocycles. The van der Waals surface area contributed by atoms with Crippen LogP contribution in [0, 0.1) is 0 Å². The van der Waals surface area contributed by atoms with Crippen LogP contribution in [0.25, 0.3) is 0 Å². The molecule has 22 heavy (non-hydrogen) atoms. The Hall–Kier alpha value is -1.24. The van der Waals surface area contributed by atoms with Crippen molar-refractivity contribution < 1.29 is 3.89 Å². The summed E-state index contributed by atoms with van der Waals surface area (Å²) in [6.45, 7) is 10.5. The third-order valence-electron chi connectivity index (χ3n) is 4.15. The average molecular weight is 353 g/mol. The lowest BCUT2D eigenvalue weighted by Gasteiger charge is -2.48. The maximum atomic E-state index is 12.9. The zero-order valence-corrected chi connectivity index (χ0v) is 14.9. The van der Waals surface area contributed by atoms with Crippen LogP contribution in [0.2, 0.25) is 0 Å². The van der Waals surface area contributed by atoms with Crippen LogP contribution in [-0.4, -0.2) is 11.9 Å². The normalized spacial score (nSPS) is 25.4. The molecule has 0 bridgehead atoms. The van der Waals surface area contributed by atoms with Crippen LogP contribution in [0.5, 0.6) is 0 Å². The van der Waals surface area contributed by atoms with Gasteiger partial charge in [0.1, 0.15) is 0 Å². The van der Waals surface area contributed by atoms with Crippen LogP contribution in [0.1, 0.15) is 22.6 Å². The summed E-state index contributed by atoms with van der Waals surface area (Å²) in [7, 11) is 1.97. The molecule has 2 aromatic heterocycles. The van der Waals surface area contributed by atoms with Gasteiger partial charge in [0, 0.05) is 27.9 Å². The molecule has 1 fully saturated rings. The second-order valence-corrected chi connectivity index (χ2v) is 8.01. The highest BCUT2D eigenvalue weighted by atomic mass is 32.2. The molecule has 0 saturated carbocycles. The fraction of sp³-hybridized carbons (Fsp3) is 0.250. The van der Waals surface area contributed by atoms with Crippen molar-refractivity contribution in [1.82, 2.24) is 10.2 Å². The van der Waals surface area contributed by atoms with Crippen molar-refractivity contribution in [2.45, 2.75) is 23.3 Å². The molecule has 1 aliphatic heterocycles. The number of halogens is 1. The summed E-state index contributed by atoms with van der Waals surface area (Å²) in [6, 6.07) is 6.09. The van der Waals surface area contributed by atoms with Gasteiger partial charge < -0.3 is 10.2 Å². The zero-order chi connectivity index (χ0) is 15.9. The largest absolute Gasteiger partial charge is 0.361 e. The molecule has 0 spiro atoms. The first-order chi connectivity index (χ1) is 10.5. The third-order valence-corrected chi connectivity index (χ3v) is 6.82. The molecular formula is C16H17FN2S3. The molecule has 3 rings (SSSR count). The number of hydrogen-bond acceptors (Lipinski definition) is 5. The Bertz CT molecular complexity index is 707. The van der Waals surface area contributed by atoms with E-state index in [1.165, 1.54) is 4.88 Å². The molecule has 0 aromatic carbocycles. The summed E-state index contributed by atoms with van der Waals surface area (Å²) in [5.74, 6) is 0.891. The number of thiophene rings is 2. The summed E-state index contributed by atoms with van der Waals surface area (Å²) in [4.78, 5) is 4.96. The third kappa shape index (κ3) is 2.39. The molecule has 0 radical (unpaired) electrons. The summed E-state index contributed by atoms with van der Waals surface area (Å²) >= 11 is 3.56. The quantitative estimate of drug-likeness (QED) is 0.806. The van der Waals surface area contributed by atoms with E-state index < -0.39 is 0 Å². The van der Waals surface area contributed by atoms with Crippen LogP contribution in [0.15, 0.2) is 58.5 Å². The van der Waals surface area contributed by atoms with Gasteiger partial charge in [-0.1, -0.05) is 19.2 Å². The smallest absolute Gasteiger partial charge is 0.0986 e. The van der Waals surface area contributed by atoms with E-state index in [0.29, 0.717) is 4.90 Å². The molecule has 2 aromatic rings. The van der Waals surface area contributed by atoms with Crippen LogP contribution in [0.4, 0.5) is 3.89 Å². The molecule has 1 unspecified atom stereocenters. The van der Waals surface area contributed by atoms with Gasteiger partial charge in [-0.15, -0.1) is 22.7 Å². The molecule has 2 nitrogen and oxygen atoms in total. The number of nitrogens with one attached hydrogen (secondary N) is 1. The lowest BCUT2D eigenvalue weighted by molar-refractivity contribution is 0.239. The molecule has 1 saturated heterocycles. The Balaban J connectivity index is 2.12. The van der Waals surface area contributed by atoms with E-state index in [9.17, 15) is 3.89 Å². The topological polar surface area (TPSA) is 15.3 Å². The van der Waals surface area contributed by atoms with E-state index in [2.05, 4.69) is 36.8 Å². The zero-order valence-electron chi connectivity index (χ0n) is 12.4. The maximum Gasteiger partial charge on any atom is 0.0986 e. The monoisotopic (exact) mass is 352 g/mol. The van der Waals surface area contributed by atoms with Gasteiger partial charge in [0.2, 0.25) is 0 Å². The van der Waals surface area contributed by atoms with Crippen molar-refractivity contribution in [2.75, 3.05) is 7.05 Å². The van der Waals surface area contributed by atoms with E-state index in [1.54, 1.807) is 22.7 Å². The summed E-state index contributed by atoms with van der Waals surface area (Å²) in [6.07, 6.45) is 0. The van der Waals surface area contributed by atoms with Gasteiger partial charge in [0.15, 0.2) is 0 Å². The number of nitrogens with zero attached hydrogens (tertiary/aromatic N) is 1. The Morgan fingerprint density at radius 1 is 1.41 bits per heavy atom. The number of hydrogen-bond donors (Lipinski definition) is 1. The predicted molar refractivity (Wildman–Crippen MR) is 94.9 cm³/mol. The van der Waals surface area contributed by atoms with Gasteiger partial charge in [0.25, 0.3) is 0 Å². The second kappa shape index (κ2) is 5.76. The van der Waals surface area contributed by atoms with Crippen molar-refractivity contribution in [3.05, 3.63) is 63.4 Å². The first kappa shape index (κ1) is 15.6. The SMILES string of the molecule is C=C1N[C@](C)(c2cc(SF)cs2)C(c2cccs2)C(=C)N1C. The standard InChI is InChI=1S/C16H17FN2S3/c1-10-15(13-6-5-7-20-13)16(3,18-11(2)19(10)4)14-8-12(22-17)9-21-14/h5-9,15,18H,1-2H2,3-4H3/t15?,16-/m1/s1. The Kier molecular flexibility index (Phi) is 4.09. The Labute approximate surface area is 142 Å². The van der Waals surface area contributed by atoms with Crippen LogP contribution >= 0.6 is 34.8 Å². The minimum atomic E-state index is -0.385. The summed E-state index contributed by atoms with van der Waals surface area (Å²) < 4.78 is 12.9. The lowest BCUT2D eigenvalue weighted by atomic mass is 9.79. The van der Waals surface area contributed by atoms with Gasteiger partial charge in [-0.2, -0.15) is 3.89 Å².